The van der Waals surface area contributed by atoms with Crippen molar-refractivity contribution in [2.24, 2.45) is 0 Å². The molecule has 0 aromatic heterocycles. The minimum atomic E-state index is -0.653. The van der Waals surface area contributed by atoms with Crippen LogP contribution in [0.15, 0.2) is 70.0 Å². The number of nitrogens with zero attached hydrogens (tertiary/aromatic N) is 2. The second-order valence-electron chi connectivity index (χ2n) is 8.37. The lowest BCUT2D eigenvalue weighted by atomic mass is 10.1. The minimum Gasteiger partial charge on any atom is -0.493 e. The number of hydrogen-bond acceptors (Lipinski definition) is 9. The van der Waals surface area contributed by atoms with E-state index in [-0.39, 0.29) is 34.3 Å². The normalized spacial score (nSPS) is 13.8. The number of rotatable bonds is 10. The number of halogens is 2. The molecule has 41 heavy (non-hydrogen) atoms. The van der Waals surface area contributed by atoms with Crippen LogP contribution in [0.3, 0.4) is 0 Å². The summed E-state index contributed by atoms with van der Waals surface area (Å²) in [5, 5.41) is 13.3. The maximum absolute atomic E-state index is 12.9. The molecule has 0 unspecified atom stereocenters. The Hall–Kier alpha value is -4.20. The van der Waals surface area contributed by atoms with Gasteiger partial charge in [-0.2, -0.15) is 0 Å². The van der Waals surface area contributed by atoms with Gasteiger partial charge in [-0.15, -0.1) is 0 Å². The first-order valence-corrected chi connectivity index (χ1v) is 13.6. The van der Waals surface area contributed by atoms with Crippen molar-refractivity contribution in [1.29, 1.82) is 0 Å². The number of nitrogens with one attached hydrogen (secondary N) is 1. The Balaban J connectivity index is 1.40. The number of benzene rings is 3. The number of carbonyl (C=O) groups excluding carboxylic acids is 4. The van der Waals surface area contributed by atoms with Crippen molar-refractivity contribution >= 4 is 79.6 Å². The van der Waals surface area contributed by atoms with Gasteiger partial charge in [0.1, 0.15) is 0 Å². The van der Waals surface area contributed by atoms with Crippen LogP contribution >= 0.6 is 39.3 Å². The average Bonchev–Trinajstić information content (AvgIpc) is 3.21. The van der Waals surface area contributed by atoms with Crippen LogP contribution < -0.4 is 14.8 Å². The number of Topliss-reactive ketones (excluding diaryl/α,β-unsaturated/α-hetero) is 1. The molecule has 1 N–H and O–H groups in total. The smallest absolute Gasteiger partial charge is 0.293 e. The zero-order chi connectivity index (χ0) is 29.7. The number of nitro groups is 1. The number of anilines is 1. The second kappa shape index (κ2) is 13.0. The molecule has 3 aromatic carbocycles. The van der Waals surface area contributed by atoms with Crippen molar-refractivity contribution in [2.45, 2.75) is 0 Å². The summed E-state index contributed by atoms with van der Waals surface area (Å²) in [5.41, 5.74) is 0.956. The van der Waals surface area contributed by atoms with Gasteiger partial charge < -0.3 is 14.8 Å². The first kappa shape index (κ1) is 29.8. The standard InChI is InChI=1S/C27H19BrClN3O8S/c1-39-23-10-15(2-9-22(23)40-14-25(34)30-17-5-8-19(28)20(29)12-17)11-24-26(35)31(27(36)41-24)13-21(33)16-3-6-18(7-4-16)32(37)38/h2-12H,13-14H2,1H3,(H,30,34)/b24-11+. The van der Waals surface area contributed by atoms with E-state index >= 15 is 0 Å². The van der Waals surface area contributed by atoms with E-state index in [0.717, 1.165) is 4.90 Å². The highest BCUT2D eigenvalue weighted by Crippen LogP contribution is 2.35. The fourth-order valence-corrected chi connectivity index (χ4v) is 4.86. The third kappa shape index (κ3) is 7.31. The monoisotopic (exact) mass is 659 g/mol. The molecule has 1 aliphatic rings. The molecule has 0 bridgehead atoms. The predicted molar refractivity (Wildman–Crippen MR) is 156 cm³/mol. The van der Waals surface area contributed by atoms with E-state index in [9.17, 15) is 29.3 Å². The van der Waals surface area contributed by atoms with Crippen LogP contribution in [-0.4, -0.2) is 52.9 Å². The number of thioether (sulfide) groups is 1. The van der Waals surface area contributed by atoms with Crippen molar-refractivity contribution in [3.8, 4) is 11.5 Å². The van der Waals surface area contributed by atoms with Gasteiger partial charge in [-0.25, -0.2) is 0 Å². The molecule has 4 rings (SSSR count). The maximum Gasteiger partial charge on any atom is 0.293 e. The molecule has 3 aromatic rings. The van der Waals surface area contributed by atoms with Crippen LogP contribution in [0.2, 0.25) is 5.02 Å². The van der Waals surface area contributed by atoms with E-state index in [4.69, 9.17) is 21.1 Å². The Morgan fingerprint density at radius 1 is 1.10 bits per heavy atom. The zero-order valence-corrected chi connectivity index (χ0v) is 24.2. The number of amides is 3. The highest BCUT2D eigenvalue weighted by Gasteiger charge is 2.36. The summed E-state index contributed by atoms with van der Waals surface area (Å²) in [5.74, 6) is -1.06. The number of imide groups is 1. The van der Waals surface area contributed by atoms with Crippen molar-refractivity contribution in [3.63, 3.8) is 0 Å². The Kier molecular flexibility index (Phi) is 9.42. The van der Waals surface area contributed by atoms with Gasteiger partial charge in [-0.05, 0) is 81.8 Å². The van der Waals surface area contributed by atoms with Crippen molar-refractivity contribution in [1.82, 2.24) is 4.90 Å². The van der Waals surface area contributed by atoms with Crippen LogP contribution in [0.25, 0.3) is 6.08 Å². The molecular formula is C27H19BrClN3O8S. The Labute approximate surface area is 250 Å². The summed E-state index contributed by atoms with van der Waals surface area (Å²) in [7, 11) is 1.41. The fourth-order valence-electron chi connectivity index (χ4n) is 3.60. The van der Waals surface area contributed by atoms with E-state index in [1.807, 2.05) is 0 Å². The van der Waals surface area contributed by atoms with Crippen molar-refractivity contribution < 1.29 is 33.6 Å². The van der Waals surface area contributed by atoms with E-state index in [0.29, 0.717) is 32.5 Å². The van der Waals surface area contributed by atoms with Crippen LogP contribution in [0, 0.1) is 10.1 Å². The van der Waals surface area contributed by atoms with Gasteiger partial charge in [0, 0.05) is 27.9 Å². The van der Waals surface area contributed by atoms with Crippen molar-refractivity contribution in [2.75, 3.05) is 25.6 Å². The quantitative estimate of drug-likeness (QED) is 0.121. The van der Waals surface area contributed by atoms with Crippen molar-refractivity contribution in [3.05, 3.63) is 96.3 Å². The van der Waals surface area contributed by atoms with E-state index in [2.05, 4.69) is 21.2 Å². The molecule has 11 nitrogen and oxygen atoms in total. The molecule has 210 valence electrons. The molecule has 1 saturated heterocycles. The van der Waals surface area contributed by atoms with Crippen LogP contribution in [0.1, 0.15) is 15.9 Å². The summed E-state index contributed by atoms with van der Waals surface area (Å²) in [6.45, 7) is -0.824. The Bertz CT molecular complexity index is 1600. The lowest BCUT2D eigenvalue weighted by molar-refractivity contribution is -0.384. The Morgan fingerprint density at radius 2 is 1.83 bits per heavy atom. The number of ketones is 1. The van der Waals surface area contributed by atoms with Gasteiger partial charge in [0.05, 0.1) is 28.5 Å². The summed E-state index contributed by atoms with van der Waals surface area (Å²) in [6, 6.07) is 14.6. The highest BCUT2D eigenvalue weighted by molar-refractivity contribution is 9.10. The molecule has 0 aliphatic carbocycles. The van der Waals surface area contributed by atoms with Gasteiger partial charge in [0.2, 0.25) is 0 Å². The minimum absolute atomic E-state index is 0.0924. The average molecular weight is 661 g/mol. The molecule has 14 heteroatoms. The van der Waals surface area contributed by atoms with E-state index < -0.39 is 34.3 Å². The number of ether oxygens (including phenoxy) is 2. The number of nitro benzene ring substituents is 1. The van der Waals surface area contributed by atoms with E-state index in [1.54, 1.807) is 36.4 Å². The molecule has 0 saturated carbocycles. The number of carbonyl (C=O) groups is 4. The SMILES string of the molecule is COc1cc(/C=C2/SC(=O)N(CC(=O)c3ccc([N+](=O)[O-])cc3)C2=O)ccc1OCC(=O)Nc1ccc(Br)c(Cl)c1. The highest BCUT2D eigenvalue weighted by atomic mass is 79.9. The van der Waals surface area contributed by atoms with Gasteiger partial charge in [-0.3, -0.25) is 34.2 Å². The molecular weight excluding hydrogens is 642 g/mol. The summed E-state index contributed by atoms with van der Waals surface area (Å²) in [6.07, 6.45) is 1.47. The number of hydrogen-bond donors (Lipinski definition) is 1. The molecule has 0 atom stereocenters. The predicted octanol–water partition coefficient (Wildman–Crippen LogP) is 5.96. The third-order valence-electron chi connectivity index (χ3n) is 5.62. The number of non-ortho nitro benzene ring substituents is 1. The fraction of sp³-hybridized carbons (Fsp3) is 0.111. The molecule has 1 fully saturated rings. The molecule has 3 amide bonds. The first-order valence-electron chi connectivity index (χ1n) is 11.6. The largest absolute Gasteiger partial charge is 0.493 e. The maximum atomic E-state index is 12.9. The lowest BCUT2D eigenvalue weighted by Gasteiger charge is -2.12. The van der Waals surface area contributed by atoms with Gasteiger partial charge >= 0.3 is 0 Å². The van der Waals surface area contributed by atoms with Crippen LogP contribution in [-0.2, 0) is 9.59 Å². The zero-order valence-electron chi connectivity index (χ0n) is 21.1. The molecule has 1 aliphatic heterocycles. The van der Waals surface area contributed by atoms with Gasteiger partial charge in [-0.1, -0.05) is 17.7 Å². The lowest BCUT2D eigenvalue weighted by Crippen LogP contribution is -2.33. The third-order valence-corrected chi connectivity index (χ3v) is 7.76. The molecule has 0 radical (unpaired) electrons. The molecule has 1 heterocycles. The van der Waals surface area contributed by atoms with Gasteiger partial charge in [0.15, 0.2) is 23.9 Å². The van der Waals surface area contributed by atoms with E-state index in [1.165, 1.54) is 37.5 Å². The summed E-state index contributed by atoms with van der Waals surface area (Å²) in [4.78, 5) is 61.4. The van der Waals surface area contributed by atoms with Crippen LogP contribution in [0.5, 0.6) is 11.5 Å². The Morgan fingerprint density at radius 3 is 2.49 bits per heavy atom. The van der Waals surface area contributed by atoms with Gasteiger partial charge in [0.25, 0.3) is 22.7 Å². The topological polar surface area (TPSA) is 145 Å². The number of methoxy groups -OCH3 is 1. The summed E-state index contributed by atoms with van der Waals surface area (Å²) >= 11 is 10.00. The second-order valence-corrected chi connectivity index (χ2v) is 10.6. The van der Waals surface area contributed by atoms with Crippen LogP contribution in [0.4, 0.5) is 16.2 Å². The first-order chi connectivity index (χ1) is 19.5. The summed E-state index contributed by atoms with van der Waals surface area (Å²) < 4.78 is 11.6. The molecule has 0 spiro atoms.